The molecule has 0 atom stereocenters. The van der Waals surface area contributed by atoms with E-state index < -0.39 is 0 Å². The zero-order valence-corrected chi connectivity index (χ0v) is 8.27. The Morgan fingerprint density at radius 3 is 3.00 bits per heavy atom. The number of hydrogen-bond acceptors (Lipinski definition) is 2. The molecule has 0 aliphatic carbocycles. The summed E-state index contributed by atoms with van der Waals surface area (Å²) in [6.45, 7) is 0. The van der Waals surface area contributed by atoms with Gasteiger partial charge >= 0.3 is 0 Å². The fraction of sp³-hybridized carbons (Fsp3) is 0. The normalized spacial score (nSPS) is 10.8. The van der Waals surface area contributed by atoms with Crippen LogP contribution in [0, 0.1) is 12.1 Å². The smallest absolute Gasteiger partial charge is 0.170 e. The van der Waals surface area contributed by atoms with Crippen LogP contribution in [-0.4, -0.2) is 4.98 Å². The molecule has 77 valence electrons. The number of rotatable bonds is 1. The van der Waals surface area contributed by atoms with E-state index >= 15 is 0 Å². The third-order valence-electron chi connectivity index (χ3n) is 2.41. The van der Waals surface area contributed by atoms with Crippen LogP contribution < -0.4 is 0 Å². The number of halogens is 1. The van der Waals surface area contributed by atoms with Crippen LogP contribution in [-0.2, 0) is 0 Å². The van der Waals surface area contributed by atoms with Crippen LogP contribution >= 0.6 is 0 Å². The van der Waals surface area contributed by atoms with Gasteiger partial charge in [-0.25, -0.2) is 4.39 Å². The summed E-state index contributed by atoms with van der Waals surface area (Å²) < 4.78 is 18.8. The number of pyridine rings is 1. The molecule has 16 heavy (non-hydrogen) atoms. The molecule has 3 heteroatoms. The van der Waals surface area contributed by atoms with Crippen LogP contribution in [0.4, 0.5) is 4.39 Å². The summed E-state index contributed by atoms with van der Waals surface area (Å²) in [7, 11) is 0. The lowest BCUT2D eigenvalue weighted by atomic mass is 10.1. The zero-order valence-electron chi connectivity index (χ0n) is 8.27. The van der Waals surface area contributed by atoms with E-state index in [4.69, 9.17) is 4.42 Å². The molecule has 0 fully saturated rings. The highest BCUT2D eigenvalue weighted by molar-refractivity contribution is 5.83. The van der Waals surface area contributed by atoms with Crippen molar-refractivity contribution in [2.24, 2.45) is 0 Å². The van der Waals surface area contributed by atoms with E-state index in [0.717, 1.165) is 5.39 Å². The fourth-order valence-electron chi connectivity index (χ4n) is 1.69. The lowest BCUT2D eigenvalue weighted by Crippen LogP contribution is -1.85. The summed E-state index contributed by atoms with van der Waals surface area (Å²) in [5.74, 6) is 0.258. The second-order valence-corrected chi connectivity index (χ2v) is 3.45. The Morgan fingerprint density at radius 1 is 1.25 bits per heavy atom. The maximum atomic E-state index is 13.7. The van der Waals surface area contributed by atoms with Crippen LogP contribution in [0.1, 0.15) is 0 Å². The minimum atomic E-state index is -0.343. The lowest BCUT2D eigenvalue weighted by Gasteiger charge is -2.01. The third-order valence-corrected chi connectivity index (χ3v) is 2.41. The van der Waals surface area contributed by atoms with Crippen molar-refractivity contribution in [3.63, 3.8) is 0 Å². The van der Waals surface area contributed by atoms with Crippen LogP contribution in [0.25, 0.3) is 22.2 Å². The molecule has 0 spiro atoms. The van der Waals surface area contributed by atoms with Gasteiger partial charge in [-0.1, -0.05) is 6.07 Å². The van der Waals surface area contributed by atoms with E-state index in [9.17, 15) is 4.39 Å². The highest BCUT2D eigenvalue weighted by atomic mass is 19.1. The molecule has 0 bridgehead atoms. The second kappa shape index (κ2) is 3.45. The highest BCUT2D eigenvalue weighted by Gasteiger charge is 2.07. The Labute approximate surface area is 91.3 Å². The van der Waals surface area contributed by atoms with Gasteiger partial charge in [-0.15, -0.1) is 0 Å². The quantitative estimate of drug-likeness (QED) is 0.617. The minimum absolute atomic E-state index is 0.343. The SMILES string of the molecule is Fc1cc(-c2cc[c]o2)cc2cccnc12. The number of fused-ring (bicyclic) bond motifs is 1. The predicted molar refractivity (Wildman–Crippen MR) is 58.2 cm³/mol. The van der Waals surface area contributed by atoms with Gasteiger partial charge in [0.1, 0.15) is 17.1 Å². The summed E-state index contributed by atoms with van der Waals surface area (Å²) in [4.78, 5) is 3.99. The Morgan fingerprint density at radius 2 is 2.19 bits per heavy atom. The molecule has 0 saturated heterocycles. The maximum Gasteiger partial charge on any atom is 0.170 e. The van der Waals surface area contributed by atoms with E-state index in [0.29, 0.717) is 16.8 Å². The highest BCUT2D eigenvalue weighted by Crippen LogP contribution is 2.25. The summed E-state index contributed by atoms with van der Waals surface area (Å²) >= 11 is 0. The van der Waals surface area contributed by atoms with E-state index in [2.05, 4.69) is 11.2 Å². The number of aromatic nitrogens is 1. The molecule has 1 aromatic carbocycles. The molecule has 1 radical (unpaired) electrons. The molecule has 0 aliphatic heterocycles. The fourth-order valence-corrected chi connectivity index (χ4v) is 1.69. The molecule has 2 aromatic heterocycles. The first kappa shape index (κ1) is 9.09. The van der Waals surface area contributed by atoms with Gasteiger partial charge < -0.3 is 4.42 Å². The zero-order chi connectivity index (χ0) is 11.0. The maximum absolute atomic E-state index is 13.7. The van der Waals surface area contributed by atoms with E-state index in [-0.39, 0.29) is 5.82 Å². The van der Waals surface area contributed by atoms with E-state index in [1.165, 1.54) is 6.07 Å². The molecule has 0 saturated carbocycles. The Kier molecular flexibility index (Phi) is 1.96. The molecule has 2 heterocycles. The minimum Gasteiger partial charge on any atom is -0.453 e. The van der Waals surface area contributed by atoms with Crippen LogP contribution in [0.2, 0.25) is 0 Å². The molecule has 2 nitrogen and oxygen atoms in total. The first-order chi connectivity index (χ1) is 7.84. The molecule has 3 aromatic rings. The van der Waals surface area contributed by atoms with Crippen molar-refractivity contribution in [1.29, 1.82) is 0 Å². The summed E-state index contributed by atoms with van der Waals surface area (Å²) in [5, 5.41) is 0.758. The summed E-state index contributed by atoms with van der Waals surface area (Å²) in [6, 6.07) is 10.3. The van der Waals surface area contributed by atoms with Crippen LogP contribution in [0.3, 0.4) is 0 Å². The Hall–Kier alpha value is -2.16. The van der Waals surface area contributed by atoms with Crippen molar-refractivity contribution in [1.82, 2.24) is 4.98 Å². The number of hydrogen-bond donors (Lipinski definition) is 0. The number of nitrogens with zero attached hydrogens (tertiary/aromatic N) is 1. The molecular formula is C13H7FNO. The molecule has 0 N–H and O–H groups in total. The summed E-state index contributed by atoms with van der Waals surface area (Å²) in [6.07, 6.45) is 4.16. The van der Waals surface area contributed by atoms with Crippen molar-refractivity contribution in [3.8, 4) is 11.3 Å². The number of furan rings is 1. The van der Waals surface area contributed by atoms with E-state index in [1.807, 2.05) is 12.1 Å². The average Bonchev–Trinajstić information content (AvgIpc) is 2.82. The van der Waals surface area contributed by atoms with Crippen molar-refractivity contribution in [2.75, 3.05) is 0 Å². The van der Waals surface area contributed by atoms with Gasteiger partial charge in [0.2, 0.25) is 0 Å². The average molecular weight is 212 g/mol. The Bertz CT molecular complexity index is 631. The predicted octanol–water partition coefficient (Wildman–Crippen LogP) is 3.43. The molecule has 0 amide bonds. The van der Waals surface area contributed by atoms with Gasteiger partial charge in [0.25, 0.3) is 0 Å². The monoisotopic (exact) mass is 212 g/mol. The van der Waals surface area contributed by atoms with Gasteiger partial charge in [-0.2, -0.15) is 0 Å². The van der Waals surface area contributed by atoms with Crippen LogP contribution in [0.15, 0.2) is 47.0 Å². The van der Waals surface area contributed by atoms with Gasteiger partial charge in [0.15, 0.2) is 6.26 Å². The largest absolute Gasteiger partial charge is 0.453 e. The van der Waals surface area contributed by atoms with Crippen LogP contribution in [0.5, 0.6) is 0 Å². The van der Waals surface area contributed by atoms with Crippen molar-refractivity contribution < 1.29 is 8.81 Å². The summed E-state index contributed by atoms with van der Waals surface area (Å²) in [5.41, 5.74) is 1.07. The lowest BCUT2D eigenvalue weighted by molar-refractivity contribution is 0.572. The van der Waals surface area contributed by atoms with Gasteiger partial charge in [0.05, 0.1) is 0 Å². The van der Waals surface area contributed by atoms with Gasteiger partial charge in [0, 0.05) is 17.1 Å². The van der Waals surface area contributed by atoms with Gasteiger partial charge in [-0.3, -0.25) is 4.98 Å². The van der Waals surface area contributed by atoms with Crippen molar-refractivity contribution in [3.05, 3.63) is 54.7 Å². The molecule has 3 rings (SSSR count). The molecule has 0 aliphatic rings. The standard InChI is InChI=1S/C13H7FNO/c14-11-8-10(12-4-2-6-16-12)7-9-3-1-5-15-13(9)11/h1-5,7-8H. The van der Waals surface area contributed by atoms with E-state index in [1.54, 1.807) is 24.4 Å². The molecular weight excluding hydrogens is 205 g/mol. The first-order valence-electron chi connectivity index (χ1n) is 4.85. The molecule has 0 unspecified atom stereocenters. The Balaban J connectivity index is 2.29. The van der Waals surface area contributed by atoms with Crippen molar-refractivity contribution in [2.45, 2.75) is 0 Å². The second-order valence-electron chi connectivity index (χ2n) is 3.45. The number of benzene rings is 1. The third kappa shape index (κ3) is 1.37. The van der Waals surface area contributed by atoms with Crippen molar-refractivity contribution >= 4 is 10.9 Å². The van der Waals surface area contributed by atoms with Gasteiger partial charge in [-0.05, 0) is 30.3 Å². The topological polar surface area (TPSA) is 26.0 Å². The first-order valence-corrected chi connectivity index (χ1v) is 4.85.